The van der Waals surface area contributed by atoms with Gasteiger partial charge in [0, 0.05) is 12.8 Å². The Balaban J connectivity index is 2.31. The number of phosphoric ester groups is 2. The monoisotopic (exact) mass is 993 g/mol. The minimum absolute atomic E-state index is 0.113. The van der Waals surface area contributed by atoms with E-state index >= 15 is 0 Å². The van der Waals surface area contributed by atoms with Crippen LogP contribution < -0.4 is 0 Å². The number of aliphatic hydroxyl groups is 1. The number of carbonyl (C=O) groups excluding carboxylic acids is 2. The number of hydrogen-bond acceptors (Lipinski definition) is 11. The van der Waals surface area contributed by atoms with E-state index in [0.717, 1.165) is 50.9 Å². The molecule has 14 nitrogen and oxygen atoms in total. The van der Waals surface area contributed by atoms with E-state index in [2.05, 4.69) is 55.7 Å². The van der Waals surface area contributed by atoms with Gasteiger partial charge in [-0.05, 0) is 57.3 Å². The van der Waals surface area contributed by atoms with Crippen LogP contribution in [0.1, 0.15) is 220 Å². The number of aliphatic hydroxyl groups excluding tert-OH is 1. The Labute approximate surface area is 405 Å². The first kappa shape index (κ1) is 63.3. The molecular formula is C51H94O14P2. The van der Waals surface area contributed by atoms with E-state index in [1.807, 2.05) is 6.08 Å². The van der Waals surface area contributed by atoms with Gasteiger partial charge in [0.05, 0.1) is 32.0 Å². The molecule has 0 bridgehead atoms. The van der Waals surface area contributed by atoms with Crippen molar-refractivity contribution in [3.05, 3.63) is 36.5 Å². The summed E-state index contributed by atoms with van der Waals surface area (Å²) in [4.78, 5) is 53.0. The molecule has 1 aliphatic rings. The molecule has 16 heteroatoms. The predicted molar refractivity (Wildman–Crippen MR) is 266 cm³/mol. The molecule has 1 saturated heterocycles. The standard InChI is InChI=1S/C51H94O14P2/c1-4-6-7-8-9-20-24-27-32-37-48-49(65-48)38-33-29-30-34-39-50(53)60-43-47(44-63-67(58,59)62-42-46(52)41-61-66(55,56)57)64-51(54)40-35-28-25-22-19-17-15-13-11-10-12-14-16-18-21-23-26-31-36-45(3)5-2/h9,20,27,29,32-33,45-49,52H,4-8,10-19,21-26,28,30-31,34-44H2,1-3H3,(H,58,59)(H2,55,56,57)/b20-9-,32-27-,33-29-/t45?,46-,47+,48?,49?/m0/s1. The molecule has 1 rings (SSSR count). The predicted octanol–water partition coefficient (Wildman–Crippen LogP) is 13.3. The lowest BCUT2D eigenvalue weighted by molar-refractivity contribution is -0.161. The van der Waals surface area contributed by atoms with Crippen LogP contribution in [0.5, 0.6) is 0 Å². The average Bonchev–Trinajstić information content (AvgIpc) is 4.05. The Bertz CT molecular complexity index is 1400. The summed E-state index contributed by atoms with van der Waals surface area (Å²) in [6, 6.07) is 0. The highest BCUT2D eigenvalue weighted by molar-refractivity contribution is 7.47. The Morgan fingerprint density at radius 2 is 1.04 bits per heavy atom. The number of carbonyl (C=O) groups is 2. The number of esters is 2. The number of hydrogen-bond donors (Lipinski definition) is 4. The first-order valence-corrected chi connectivity index (χ1v) is 29.2. The Kier molecular flexibility index (Phi) is 39.7. The van der Waals surface area contributed by atoms with Crippen LogP contribution in [-0.2, 0) is 46.5 Å². The highest BCUT2D eigenvalue weighted by atomic mass is 31.2. The molecule has 0 aromatic rings. The Morgan fingerprint density at radius 3 is 1.61 bits per heavy atom. The average molecular weight is 993 g/mol. The zero-order valence-electron chi connectivity index (χ0n) is 41.9. The van der Waals surface area contributed by atoms with Crippen LogP contribution in [0.25, 0.3) is 0 Å². The normalized spacial score (nSPS) is 17.6. The molecule has 67 heavy (non-hydrogen) atoms. The third-order valence-electron chi connectivity index (χ3n) is 12.0. The first-order chi connectivity index (χ1) is 32.2. The second-order valence-corrected chi connectivity index (χ2v) is 21.1. The number of epoxide rings is 1. The van der Waals surface area contributed by atoms with E-state index in [0.29, 0.717) is 19.3 Å². The van der Waals surface area contributed by atoms with Crippen LogP contribution >= 0.6 is 15.6 Å². The van der Waals surface area contributed by atoms with E-state index in [9.17, 15) is 28.7 Å². The maximum absolute atomic E-state index is 12.8. The van der Waals surface area contributed by atoms with Crippen LogP contribution in [0.15, 0.2) is 36.5 Å². The van der Waals surface area contributed by atoms with Crippen LogP contribution in [-0.4, -0.2) is 82.6 Å². The highest BCUT2D eigenvalue weighted by Gasteiger charge is 2.36. The Morgan fingerprint density at radius 1 is 0.567 bits per heavy atom. The minimum Gasteiger partial charge on any atom is -0.462 e. The van der Waals surface area contributed by atoms with Crippen molar-refractivity contribution in [2.45, 2.75) is 244 Å². The molecule has 0 spiro atoms. The molecule has 392 valence electrons. The molecule has 0 aliphatic carbocycles. The quantitative estimate of drug-likeness (QED) is 0.0147. The summed E-state index contributed by atoms with van der Waals surface area (Å²) in [5, 5.41) is 9.79. The van der Waals surface area contributed by atoms with E-state index < -0.39 is 66.2 Å². The molecule has 0 aromatic heterocycles. The number of allylic oxidation sites excluding steroid dienone is 4. The summed E-state index contributed by atoms with van der Waals surface area (Å²) in [7, 11) is -9.70. The van der Waals surface area contributed by atoms with Gasteiger partial charge in [-0.2, -0.15) is 0 Å². The summed E-state index contributed by atoms with van der Waals surface area (Å²) in [5.74, 6) is -0.215. The van der Waals surface area contributed by atoms with Crippen molar-refractivity contribution in [1.82, 2.24) is 0 Å². The van der Waals surface area contributed by atoms with Gasteiger partial charge in [0.2, 0.25) is 0 Å². The zero-order chi connectivity index (χ0) is 49.3. The van der Waals surface area contributed by atoms with Crippen LogP contribution in [0, 0.1) is 5.92 Å². The maximum atomic E-state index is 12.8. The lowest BCUT2D eigenvalue weighted by Crippen LogP contribution is -2.30. The number of unbranched alkanes of at least 4 members (excludes halogenated alkanes) is 21. The molecule has 4 unspecified atom stereocenters. The van der Waals surface area contributed by atoms with E-state index in [1.165, 1.54) is 122 Å². The first-order valence-electron chi connectivity index (χ1n) is 26.2. The SMILES string of the molecule is CCCCC/C=C\C/C=C\CC1OC1C/C=C\CCCC(=O)OC[C@H](COP(=O)(O)OC[C@@H](O)COP(=O)(O)O)OC(=O)CCCCCCCCCCCCCCCCCCCCC(C)CC. The number of rotatable bonds is 48. The summed E-state index contributed by atoms with van der Waals surface area (Å²) in [6.07, 6.45) is 44.4. The summed E-state index contributed by atoms with van der Waals surface area (Å²) < 4.78 is 53.7. The second kappa shape index (κ2) is 42.0. The van der Waals surface area contributed by atoms with Gasteiger partial charge in [-0.3, -0.25) is 23.2 Å². The van der Waals surface area contributed by atoms with Gasteiger partial charge in [0.25, 0.3) is 0 Å². The second-order valence-electron chi connectivity index (χ2n) is 18.4. The summed E-state index contributed by atoms with van der Waals surface area (Å²) in [5.41, 5.74) is 0. The molecule has 6 atom stereocenters. The van der Waals surface area contributed by atoms with Crippen LogP contribution in [0.3, 0.4) is 0 Å². The number of phosphoric acid groups is 2. The lowest BCUT2D eigenvalue weighted by Gasteiger charge is -2.20. The fourth-order valence-electron chi connectivity index (χ4n) is 7.48. The highest BCUT2D eigenvalue weighted by Crippen LogP contribution is 2.44. The van der Waals surface area contributed by atoms with Gasteiger partial charge in [-0.1, -0.05) is 192 Å². The van der Waals surface area contributed by atoms with Gasteiger partial charge < -0.3 is 34.0 Å². The van der Waals surface area contributed by atoms with Crippen molar-refractivity contribution >= 4 is 27.6 Å². The van der Waals surface area contributed by atoms with Gasteiger partial charge in [-0.15, -0.1) is 0 Å². The molecule has 1 aliphatic heterocycles. The van der Waals surface area contributed by atoms with E-state index in [1.54, 1.807) is 0 Å². The van der Waals surface area contributed by atoms with Crippen LogP contribution in [0.2, 0.25) is 0 Å². The molecule has 0 aromatic carbocycles. The van der Waals surface area contributed by atoms with Crippen molar-refractivity contribution in [3.8, 4) is 0 Å². The summed E-state index contributed by atoms with van der Waals surface area (Å²) >= 11 is 0. The zero-order valence-corrected chi connectivity index (χ0v) is 43.7. The molecule has 0 amide bonds. The van der Waals surface area contributed by atoms with E-state index in [-0.39, 0.29) is 25.0 Å². The third-order valence-corrected chi connectivity index (χ3v) is 13.4. The van der Waals surface area contributed by atoms with Gasteiger partial charge >= 0.3 is 27.6 Å². The van der Waals surface area contributed by atoms with Crippen molar-refractivity contribution in [2.75, 3.05) is 26.4 Å². The molecule has 1 fully saturated rings. The van der Waals surface area contributed by atoms with Crippen LogP contribution in [0.4, 0.5) is 0 Å². The van der Waals surface area contributed by atoms with E-state index in [4.69, 9.17) is 33.0 Å². The lowest BCUT2D eigenvalue weighted by atomic mass is 9.99. The molecule has 1 heterocycles. The number of ether oxygens (including phenoxy) is 3. The molecule has 0 saturated carbocycles. The maximum Gasteiger partial charge on any atom is 0.472 e. The van der Waals surface area contributed by atoms with Gasteiger partial charge in [-0.25, -0.2) is 9.13 Å². The Hall–Kier alpha value is -1.70. The van der Waals surface area contributed by atoms with Crippen molar-refractivity contribution in [3.63, 3.8) is 0 Å². The summed E-state index contributed by atoms with van der Waals surface area (Å²) in [6.45, 7) is 4.08. The molecule has 0 radical (unpaired) electrons. The van der Waals surface area contributed by atoms with Gasteiger partial charge in [0.15, 0.2) is 6.10 Å². The smallest absolute Gasteiger partial charge is 0.462 e. The minimum atomic E-state index is -4.87. The largest absolute Gasteiger partial charge is 0.472 e. The molecule has 4 N–H and O–H groups in total. The topological polar surface area (TPSA) is 208 Å². The fourth-order valence-corrected chi connectivity index (χ4v) is 8.63. The third kappa shape index (κ3) is 42.9. The van der Waals surface area contributed by atoms with Gasteiger partial charge in [0.1, 0.15) is 12.7 Å². The fraction of sp³-hybridized carbons (Fsp3) is 0.843. The van der Waals surface area contributed by atoms with Crippen molar-refractivity contribution < 1.29 is 66.3 Å². The molecular weight excluding hydrogens is 898 g/mol. The van der Waals surface area contributed by atoms with Crippen molar-refractivity contribution in [1.29, 1.82) is 0 Å². The van der Waals surface area contributed by atoms with Crippen molar-refractivity contribution in [2.24, 2.45) is 5.92 Å².